The van der Waals surface area contributed by atoms with E-state index in [9.17, 15) is 4.79 Å². The summed E-state index contributed by atoms with van der Waals surface area (Å²) in [6.45, 7) is 2.52. The third-order valence-electron chi connectivity index (χ3n) is 3.16. The summed E-state index contributed by atoms with van der Waals surface area (Å²) in [7, 11) is 0. The average Bonchev–Trinajstić information content (AvgIpc) is 2.81. The number of halogens is 1. The van der Waals surface area contributed by atoms with Crippen LogP contribution in [0.2, 0.25) is 5.02 Å². The minimum absolute atomic E-state index is 0.133. The van der Waals surface area contributed by atoms with E-state index < -0.39 is 6.04 Å². The zero-order valence-electron chi connectivity index (χ0n) is 10.9. The molecule has 0 spiro atoms. The number of hydrogen-bond acceptors (Lipinski definition) is 3. The quantitative estimate of drug-likeness (QED) is 0.888. The molecule has 0 radical (unpaired) electrons. The molecule has 0 aliphatic carbocycles. The number of pyridine rings is 1. The summed E-state index contributed by atoms with van der Waals surface area (Å²) in [6, 6.07) is 6.83. The van der Waals surface area contributed by atoms with Crippen LogP contribution in [-0.4, -0.2) is 23.4 Å². The normalized spacial score (nSPS) is 20.2. The van der Waals surface area contributed by atoms with Crippen molar-refractivity contribution in [3.8, 4) is 0 Å². The van der Waals surface area contributed by atoms with Crippen LogP contribution in [0.5, 0.6) is 0 Å². The van der Waals surface area contributed by atoms with E-state index in [1.54, 1.807) is 12.3 Å². The predicted octanol–water partition coefficient (Wildman–Crippen LogP) is 2.02. The molecule has 20 heavy (non-hydrogen) atoms. The van der Waals surface area contributed by atoms with Crippen molar-refractivity contribution in [1.29, 1.82) is 0 Å². The van der Waals surface area contributed by atoms with Gasteiger partial charge in [0.25, 0.3) is 5.91 Å². The number of benzene rings is 1. The Hall–Kier alpha value is -2.14. The second-order valence-electron chi connectivity index (χ2n) is 4.43. The molecule has 102 valence electrons. The van der Waals surface area contributed by atoms with Gasteiger partial charge in [0, 0.05) is 28.7 Å². The van der Waals surface area contributed by atoms with Gasteiger partial charge in [-0.1, -0.05) is 17.7 Å². The highest BCUT2D eigenvalue weighted by Gasteiger charge is 2.31. The third-order valence-corrected chi connectivity index (χ3v) is 3.49. The third kappa shape index (κ3) is 2.10. The molecule has 3 rings (SSSR count). The molecule has 5 nitrogen and oxygen atoms in total. The van der Waals surface area contributed by atoms with Gasteiger partial charge in [0.1, 0.15) is 6.04 Å². The number of fused-ring (bicyclic) bond motifs is 1. The molecule has 1 fully saturated rings. The van der Waals surface area contributed by atoms with Crippen LogP contribution in [-0.2, 0) is 4.79 Å². The van der Waals surface area contributed by atoms with E-state index in [1.165, 1.54) is 0 Å². The van der Waals surface area contributed by atoms with Gasteiger partial charge in [-0.05, 0) is 25.1 Å². The maximum Gasteiger partial charge on any atom is 0.253 e. The molecule has 1 unspecified atom stereocenters. The van der Waals surface area contributed by atoms with Gasteiger partial charge in [0.2, 0.25) is 0 Å². The Morgan fingerprint density at radius 2 is 2.25 bits per heavy atom. The van der Waals surface area contributed by atoms with Crippen molar-refractivity contribution in [3.05, 3.63) is 41.0 Å². The smallest absolute Gasteiger partial charge is 0.253 e. The van der Waals surface area contributed by atoms with E-state index in [0.29, 0.717) is 17.5 Å². The van der Waals surface area contributed by atoms with Crippen LogP contribution in [0, 0.1) is 0 Å². The first-order valence-corrected chi connectivity index (χ1v) is 6.73. The Bertz CT molecular complexity index is 713. The van der Waals surface area contributed by atoms with Gasteiger partial charge in [-0.15, -0.1) is 0 Å². The molecule has 1 saturated heterocycles. The summed E-state index contributed by atoms with van der Waals surface area (Å²) in [4.78, 5) is 20.6. The van der Waals surface area contributed by atoms with Crippen molar-refractivity contribution in [3.63, 3.8) is 0 Å². The van der Waals surface area contributed by atoms with E-state index in [-0.39, 0.29) is 5.91 Å². The van der Waals surface area contributed by atoms with E-state index in [0.717, 1.165) is 16.5 Å². The summed E-state index contributed by atoms with van der Waals surface area (Å²) in [5.41, 5.74) is 1.52. The van der Waals surface area contributed by atoms with Crippen LogP contribution in [0.4, 0.5) is 0 Å². The molecule has 2 aromatic rings. The zero-order chi connectivity index (χ0) is 14.1. The molecule has 0 saturated carbocycles. The summed E-state index contributed by atoms with van der Waals surface area (Å²) in [6.07, 6.45) is 1.69. The molecule has 1 atom stereocenters. The van der Waals surface area contributed by atoms with E-state index in [4.69, 9.17) is 11.6 Å². The lowest BCUT2D eigenvalue weighted by atomic mass is 10.0. The number of carbonyl (C=O) groups excluding carboxylic acids is 1. The van der Waals surface area contributed by atoms with Crippen molar-refractivity contribution < 1.29 is 4.79 Å². The molecular weight excluding hydrogens is 276 g/mol. The minimum atomic E-state index is -0.491. The molecule has 1 aliphatic heterocycles. The Balaban J connectivity index is 2.10. The molecule has 6 heteroatoms. The van der Waals surface area contributed by atoms with E-state index >= 15 is 0 Å². The first kappa shape index (κ1) is 12.9. The maximum atomic E-state index is 12.1. The lowest BCUT2D eigenvalue weighted by Gasteiger charge is -2.11. The SMILES string of the molecule is CCN=C1NC(=O)C(c2ccc(Cl)c3cccnc23)N1. The Labute approximate surface area is 121 Å². The van der Waals surface area contributed by atoms with Gasteiger partial charge in [-0.2, -0.15) is 0 Å². The monoisotopic (exact) mass is 288 g/mol. The maximum absolute atomic E-state index is 12.1. The highest BCUT2D eigenvalue weighted by molar-refractivity contribution is 6.35. The number of carbonyl (C=O) groups is 1. The first-order chi connectivity index (χ1) is 9.70. The van der Waals surface area contributed by atoms with E-state index in [1.807, 2.05) is 25.1 Å². The van der Waals surface area contributed by atoms with Crippen molar-refractivity contribution >= 4 is 34.4 Å². The number of rotatable bonds is 2. The number of aromatic nitrogens is 1. The van der Waals surface area contributed by atoms with Gasteiger partial charge in [0.05, 0.1) is 5.52 Å². The second-order valence-corrected chi connectivity index (χ2v) is 4.83. The fourth-order valence-electron chi connectivity index (χ4n) is 2.28. The summed E-state index contributed by atoms with van der Waals surface area (Å²) in [5.74, 6) is 0.369. The molecule has 0 bridgehead atoms. The second kappa shape index (κ2) is 5.09. The Morgan fingerprint density at radius 3 is 3.05 bits per heavy atom. The number of nitrogens with zero attached hydrogens (tertiary/aromatic N) is 2. The number of aliphatic imine (C=N–C) groups is 1. The summed E-state index contributed by atoms with van der Waals surface area (Å²) in [5, 5.41) is 7.26. The highest BCUT2D eigenvalue weighted by Crippen LogP contribution is 2.29. The molecule has 1 aliphatic rings. The molecular formula is C14H13ClN4O. The number of amides is 1. The van der Waals surface area contributed by atoms with Crippen molar-refractivity contribution in [1.82, 2.24) is 15.6 Å². The summed E-state index contributed by atoms with van der Waals surface area (Å²) < 4.78 is 0. The first-order valence-electron chi connectivity index (χ1n) is 6.35. The Morgan fingerprint density at radius 1 is 1.40 bits per heavy atom. The van der Waals surface area contributed by atoms with Crippen molar-refractivity contribution in [2.45, 2.75) is 13.0 Å². The molecule has 2 heterocycles. The van der Waals surface area contributed by atoms with Gasteiger partial charge >= 0.3 is 0 Å². The largest absolute Gasteiger partial charge is 0.340 e. The van der Waals surface area contributed by atoms with Crippen LogP contribution in [0.25, 0.3) is 10.9 Å². The highest BCUT2D eigenvalue weighted by atomic mass is 35.5. The van der Waals surface area contributed by atoms with Crippen molar-refractivity contribution in [2.24, 2.45) is 4.99 Å². The molecule has 1 aromatic carbocycles. The average molecular weight is 289 g/mol. The Kier molecular flexibility index (Phi) is 3.28. The van der Waals surface area contributed by atoms with Gasteiger partial charge < -0.3 is 5.32 Å². The molecule has 1 amide bonds. The van der Waals surface area contributed by atoms with Crippen LogP contribution in [0.15, 0.2) is 35.5 Å². The fourth-order valence-corrected chi connectivity index (χ4v) is 2.50. The number of guanidine groups is 1. The van der Waals surface area contributed by atoms with E-state index in [2.05, 4.69) is 20.6 Å². The molecule has 1 aromatic heterocycles. The van der Waals surface area contributed by atoms with Gasteiger partial charge in [0.15, 0.2) is 5.96 Å². The number of hydrogen-bond donors (Lipinski definition) is 2. The van der Waals surface area contributed by atoms with Crippen LogP contribution in [0.1, 0.15) is 18.5 Å². The molecule has 2 N–H and O–H groups in total. The lowest BCUT2D eigenvalue weighted by molar-refractivity contribution is -0.120. The topological polar surface area (TPSA) is 66.4 Å². The van der Waals surface area contributed by atoms with Crippen LogP contribution >= 0.6 is 11.6 Å². The number of nitrogens with one attached hydrogen (secondary N) is 2. The fraction of sp³-hybridized carbons (Fsp3) is 0.214. The summed E-state index contributed by atoms with van der Waals surface area (Å²) >= 11 is 6.17. The standard InChI is InChI=1S/C14H13ClN4O/c1-2-16-14-18-12(13(20)19-14)9-5-6-10(15)8-4-3-7-17-11(8)9/h3-7,12H,2H2,1H3,(H2,16,18,19,20). The lowest BCUT2D eigenvalue weighted by Crippen LogP contribution is -2.25. The van der Waals surface area contributed by atoms with Gasteiger partial charge in [-0.25, -0.2) is 0 Å². The van der Waals surface area contributed by atoms with Crippen molar-refractivity contribution in [2.75, 3.05) is 6.54 Å². The minimum Gasteiger partial charge on any atom is -0.340 e. The van der Waals surface area contributed by atoms with Gasteiger partial charge in [-0.3, -0.25) is 20.1 Å². The van der Waals surface area contributed by atoms with Crippen LogP contribution < -0.4 is 10.6 Å². The van der Waals surface area contributed by atoms with Crippen LogP contribution in [0.3, 0.4) is 0 Å². The predicted molar refractivity (Wildman–Crippen MR) is 78.7 cm³/mol. The zero-order valence-corrected chi connectivity index (χ0v) is 11.6.